The van der Waals surface area contributed by atoms with Gasteiger partial charge in [-0.3, -0.25) is 0 Å². The third-order valence-corrected chi connectivity index (χ3v) is 13.0. The zero-order valence-corrected chi connectivity index (χ0v) is 34.9. The molecule has 259 valence electrons. The van der Waals surface area contributed by atoms with Crippen molar-refractivity contribution in [1.29, 1.82) is 0 Å². The van der Waals surface area contributed by atoms with Gasteiger partial charge in [-0.25, -0.2) is 18.2 Å². The summed E-state index contributed by atoms with van der Waals surface area (Å²) in [5.74, 6) is 0.787. The summed E-state index contributed by atoms with van der Waals surface area (Å²) in [6, 6.07) is 59.9. The first-order valence-corrected chi connectivity index (χ1v) is 21.3. The summed E-state index contributed by atoms with van der Waals surface area (Å²) >= 11 is 0. The molecule has 2 heteroatoms. The fourth-order valence-electron chi connectivity index (χ4n) is 9.07. The van der Waals surface area contributed by atoms with Gasteiger partial charge in [-0.2, -0.15) is 40.6 Å². The Balaban J connectivity index is 0.000000151. The summed E-state index contributed by atoms with van der Waals surface area (Å²) < 4.78 is 0. The van der Waals surface area contributed by atoms with E-state index in [9.17, 15) is 0 Å². The van der Waals surface area contributed by atoms with Crippen molar-refractivity contribution in [1.82, 2.24) is 0 Å². The monoisotopic (exact) mass is 785 g/mol. The van der Waals surface area contributed by atoms with Gasteiger partial charge in [0.05, 0.1) is 8.80 Å². The molecule has 54 heavy (non-hydrogen) atoms. The molecule has 0 aromatic heterocycles. The van der Waals surface area contributed by atoms with E-state index in [1.165, 1.54) is 88.3 Å². The van der Waals surface area contributed by atoms with Crippen molar-refractivity contribution in [2.45, 2.75) is 38.8 Å². The van der Waals surface area contributed by atoms with Gasteiger partial charge in [0.1, 0.15) is 0 Å². The van der Waals surface area contributed by atoms with Crippen molar-refractivity contribution in [3.05, 3.63) is 208 Å². The molecule has 0 fully saturated rings. The number of rotatable bonds is 5. The van der Waals surface area contributed by atoms with Crippen LogP contribution in [0.5, 0.6) is 0 Å². The van der Waals surface area contributed by atoms with Gasteiger partial charge in [-0.1, -0.05) is 158 Å². The molecule has 0 aliphatic heterocycles. The SMILES string of the molecule is CC1=Cc2c(-c3cccc4ccccc34)cccc2C1c1cc[cH-]c1[Si](C)C.CC1=Cc2c(-c3cccc4ccccc34)cccc2C1c1ccc[cH-]1.[Zr+2]. The first kappa shape index (κ1) is 36.1. The summed E-state index contributed by atoms with van der Waals surface area (Å²) in [6.45, 7) is 9.34. The van der Waals surface area contributed by atoms with E-state index in [4.69, 9.17) is 0 Å². The van der Waals surface area contributed by atoms with E-state index >= 15 is 0 Å². The van der Waals surface area contributed by atoms with E-state index in [1.807, 2.05) is 0 Å². The first-order chi connectivity index (χ1) is 26.0. The van der Waals surface area contributed by atoms with E-state index in [1.54, 1.807) is 5.19 Å². The number of fused-ring (bicyclic) bond motifs is 4. The van der Waals surface area contributed by atoms with Crippen LogP contribution in [0.1, 0.15) is 59.1 Å². The summed E-state index contributed by atoms with van der Waals surface area (Å²) in [6.07, 6.45) is 4.80. The first-order valence-electron chi connectivity index (χ1n) is 18.8. The Morgan fingerprint density at radius 3 is 1.50 bits per heavy atom. The van der Waals surface area contributed by atoms with Crippen molar-refractivity contribution >= 4 is 47.7 Å². The van der Waals surface area contributed by atoms with Crippen LogP contribution in [-0.4, -0.2) is 8.80 Å². The third-order valence-electron chi connectivity index (χ3n) is 11.4. The van der Waals surface area contributed by atoms with Crippen LogP contribution in [0.25, 0.3) is 56.0 Å². The molecule has 8 aromatic carbocycles. The van der Waals surface area contributed by atoms with Crippen LogP contribution in [0.3, 0.4) is 0 Å². The Kier molecular flexibility index (Phi) is 10.1. The maximum atomic E-state index is 2.42. The van der Waals surface area contributed by atoms with Crippen LogP contribution in [-0.2, 0) is 26.2 Å². The average molecular weight is 787 g/mol. The Labute approximate surface area is 341 Å². The fourth-order valence-corrected chi connectivity index (χ4v) is 10.3. The smallest absolute Gasteiger partial charge is 0.213 e. The van der Waals surface area contributed by atoms with Gasteiger partial charge >= 0.3 is 26.2 Å². The molecule has 2 aliphatic carbocycles. The Bertz CT molecular complexity index is 2670. The molecule has 0 nitrogen and oxygen atoms in total. The van der Waals surface area contributed by atoms with E-state index in [0.717, 1.165) is 0 Å². The summed E-state index contributed by atoms with van der Waals surface area (Å²) in [5.41, 5.74) is 16.8. The minimum absolute atomic E-state index is 0. The van der Waals surface area contributed by atoms with Crippen LogP contribution in [0.4, 0.5) is 0 Å². The molecule has 0 saturated carbocycles. The standard InChI is InChI=1S/C27H24Si.C25H19.Zr/c1-18-17-25-22(21-12-6-10-19-9-4-5-11-20(19)21)13-7-14-23(25)27(18)24-15-8-16-26(24)28(2)3;1-17-16-24-22(21-13-6-11-18-8-4-5-12-20(18)21)14-7-15-23(24)25(17)19-9-2-3-10-19;/h4-17,27H,1-3H3;2-16,25H,1H3;/q2*-1;+2. The van der Waals surface area contributed by atoms with Crippen LogP contribution >= 0.6 is 0 Å². The van der Waals surface area contributed by atoms with Gasteiger partial charge in [-0.05, 0) is 85.8 Å². The molecule has 1 radical (unpaired) electrons. The van der Waals surface area contributed by atoms with Crippen LogP contribution in [0.15, 0.2) is 175 Å². The van der Waals surface area contributed by atoms with Crippen LogP contribution in [0.2, 0.25) is 13.1 Å². The van der Waals surface area contributed by atoms with E-state index in [2.05, 4.69) is 203 Å². The fraction of sp³-hybridized carbons (Fsp3) is 0.115. The number of benzene rings is 6. The number of allylic oxidation sites excluding steroid dienone is 2. The van der Waals surface area contributed by atoms with Gasteiger partial charge in [0.25, 0.3) is 0 Å². The maximum Gasteiger partial charge on any atom is 2.00 e. The largest absolute Gasteiger partial charge is 2.00 e. The number of hydrogen-bond acceptors (Lipinski definition) is 0. The minimum atomic E-state index is -0.478. The zero-order valence-electron chi connectivity index (χ0n) is 31.4. The normalized spacial score (nSPS) is 15.6. The summed E-state index contributed by atoms with van der Waals surface area (Å²) in [7, 11) is -0.478. The molecular formula is C52H43SiZr. The maximum absolute atomic E-state index is 2.42. The molecule has 0 amide bonds. The van der Waals surface area contributed by atoms with Crippen LogP contribution < -0.4 is 5.19 Å². The molecule has 0 saturated heterocycles. The topological polar surface area (TPSA) is 0 Å². The van der Waals surface area contributed by atoms with Crippen molar-refractivity contribution in [3.8, 4) is 22.3 Å². The van der Waals surface area contributed by atoms with Crippen molar-refractivity contribution < 1.29 is 26.2 Å². The Morgan fingerprint density at radius 1 is 0.444 bits per heavy atom. The van der Waals surface area contributed by atoms with E-state index in [-0.39, 0.29) is 26.2 Å². The Morgan fingerprint density at radius 2 is 0.944 bits per heavy atom. The molecule has 2 atom stereocenters. The molecule has 10 rings (SSSR count). The Hall–Kier alpha value is -4.88. The molecule has 0 bridgehead atoms. The minimum Gasteiger partial charge on any atom is -0.213 e. The van der Waals surface area contributed by atoms with E-state index < -0.39 is 8.80 Å². The molecule has 0 spiro atoms. The molecular weight excluding hydrogens is 744 g/mol. The zero-order chi connectivity index (χ0) is 36.1. The van der Waals surface area contributed by atoms with E-state index in [0.29, 0.717) is 11.8 Å². The predicted molar refractivity (Wildman–Crippen MR) is 231 cm³/mol. The van der Waals surface area contributed by atoms with Crippen molar-refractivity contribution in [2.24, 2.45) is 0 Å². The second-order valence-electron chi connectivity index (χ2n) is 14.9. The summed E-state index contributed by atoms with van der Waals surface area (Å²) in [4.78, 5) is 0. The molecule has 2 aliphatic rings. The molecule has 0 N–H and O–H groups in total. The second-order valence-corrected chi connectivity index (χ2v) is 17.5. The average Bonchev–Trinajstić information content (AvgIpc) is 4.00. The van der Waals surface area contributed by atoms with Crippen molar-refractivity contribution in [3.63, 3.8) is 0 Å². The molecule has 2 unspecified atom stereocenters. The second kappa shape index (κ2) is 15.1. The third kappa shape index (κ3) is 6.30. The van der Waals surface area contributed by atoms with Crippen LogP contribution in [0, 0.1) is 0 Å². The van der Waals surface area contributed by atoms with Gasteiger partial charge in [-0.15, -0.1) is 0 Å². The van der Waals surface area contributed by atoms with Gasteiger partial charge in [0.2, 0.25) is 0 Å². The summed E-state index contributed by atoms with van der Waals surface area (Å²) in [5, 5.41) is 6.82. The molecule has 8 aromatic rings. The molecule has 0 heterocycles. The quantitative estimate of drug-likeness (QED) is 0.120. The van der Waals surface area contributed by atoms with Gasteiger partial charge < -0.3 is 0 Å². The number of hydrogen-bond donors (Lipinski definition) is 0. The predicted octanol–water partition coefficient (Wildman–Crippen LogP) is 13.5. The van der Waals surface area contributed by atoms with Gasteiger partial charge in [0, 0.05) is 5.92 Å². The van der Waals surface area contributed by atoms with Gasteiger partial charge in [0.15, 0.2) is 0 Å². The van der Waals surface area contributed by atoms with Crippen molar-refractivity contribution in [2.75, 3.05) is 0 Å².